The Morgan fingerprint density at radius 1 is 1.47 bits per heavy atom. The third kappa shape index (κ3) is 7.14. The molecule has 0 N–H and O–H groups in total. The Labute approximate surface area is 95.3 Å². The lowest BCUT2D eigenvalue weighted by atomic mass is 10.1. The van der Waals surface area contributed by atoms with Crippen LogP contribution in [0.2, 0.25) is 0 Å². The zero-order chi connectivity index (χ0) is 10.9. The Balaban J connectivity index is 0.000000319. The number of carbonyl (C=O) groups excluding carboxylic acids is 1. The number of methoxy groups -OCH3 is 1. The molecule has 0 aromatic carbocycles. The van der Waals surface area contributed by atoms with E-state index >= 15 is 0 Å². The maximum Gasteiger partial charge on any atom is 0.305 e. The van der Waals surface area contributed by atoms with Gasteiger partial charge in [0.15, 0.2) is 0 Å². The highest BCUT2D eigenvalue weighted by Gasteiger charge is 1.99. The van der Waals surface area contributed by atoms with Gasteiger partial charge in [-0.15, -0.1) is 0 Å². The van der Waals surface area contributed by atoms with Gasteiger partial charge in [0.1, 0.15) is 0 Å². The molecule has 0 amide bonds. The summed E-state index contributed by atoms with van der Waals surface area (Å²) in [5.41, 5.74) is 1.31. The van der Waals surface area contributed by atoms with E-state index in [0.717, 1.165) is 12.8 Å². The molecule has 1 fully saturated rings. The number of hydrogen-bond acceptors (Lipinski definition) is 3. The summed E-state index contributed by atoms with van der Waals surface area (Å²) < 4.78 is 4.53. The summed E-state index contributed by atoms with van der Waals surface area (Å²) in [6, 6.07) is 2.09. The first kappa shape index (κ1) is 12.2. The predicted octanol–water partition coefficient (Wildman–Crippen LogP) is 3.41. The van der Waals surface area contributed by atoms with Gasteiger partial charge in [-0.1, -0.05) is 19.3 Å². The summed E-state index contributed by atoms with van der Waals surface area (Å²) >= 11 is 1.69. The van der Waals surface area contributed by atoms with Gasteiger partial charge in [0, 0.05) is 6.42 Å². The second-order valence-corrected chi connectivity index (χ2v) is 4.40. The molecular formula is C12H18O2S. The number of hydrogen-bond donors (Lipinski definition) is 0. The first-order valence-corrected chi connectivity index (χ1v) is 6.35. The molecule has 0 bridgehead atoms. The maximum atomic E-state index is 10.7. The van der Waals surface area contributed by atoms with Crippen molar-refractivity contribution in [1.29, 1.82) is 0 Å². The number of ether oxygens (including phenoxy) is 1. The van der Waals surface area contributed by atoms with Gasteiger partial charge >= 0.3 is 5.97 Å². The summed E-state index contributed by atoms with van der Waals surface area (Å²) in [6.45, 7) is 0. The molecular weight excluding hydrogens is 208 g/mol. The van der Waals surface area contributed by atoms with Crippen LogP contribution in [-0.4, -0.2) is 13.1 Å². The van der Waals surface area contributed by atoms with Crippen LogP contribution in [-0.2, 0) is 16.0 Å². The van der Waals surface area contributed by atoms with Crippen LogP contribution in [0, 0.1) is 0 Å². The van der Waals surface area contributed by atoms with Crippen LogP contribution >= 0.6 is 11.3 Å². The fraction of sp³-hybridized carbons (Fsp3) is 0.583. The van der Waals surface area contributed by atoms with Crippen molar-refractivity contribution in [2.45, 2.75) is 38.5 Å². The Morgan fingerprint density at radius 3 is 2.67 bits per heavy atom. The summed E-state index contributed by atoms with van der Waals surface area (Å²) in [6.07, 6.45) is 6.87. The lowest BCUT2D eigenvalue weighted by molar-refractivity contribution is -0.140. The van der Waals surface area contributed by atoms with E-state index in [-0.39, 0.29) is 5.97 Å². The Kier molecular flexibility index (Phi) is 6.09. The number of rotatable bonds is 4. The topological polar surface area (TPSA) is 26.3 Å². The first-order valence-electron chi connectivity index (χ1n) is 5.41. The molecule has 1 aromatic heterocycles. The molecule has 1 saturated carbocycles. The standard InChI is InChI=1S/C9H12O2S.C3H6/c1-11-9(10)4-2-3-8-5-6-12-7-8;1-2-3-1/h5-7H,2-4H2,1H3;1-3H2. The van der Waals surface area contributed by atoms with E-state index in [1.165, 1.54) is 31.9 Å². The molecule has 0 radical (unpaired) electrons. The SMILES string of the molecule is C1CC1.COC(=O)CCCc1ccsc1. The van der Waals surface area contributed by atoms with Gasteiger partial charge in [-0.3, -0.25) is 4.79 Å². The van der Waals surface area contributed by atoms with Crippen molar-refractivity contribution in [1.82, 2.24) is 0 Å². The van der Waals surface area contributed by atoms with E-state index in [9.17, 15) is 4.79 Å². The highest BCUT2D eigenvalue weighted by molar-refractivity contribution is 7.07. The van der Waals surface area contributed by atoms with E-state index in [4.69, 9.17) is 0 Å². The van der Waals surface area contributed by atoms with E-state index in [1.54, 1.807) is 11.3 Å². The van der Waals surface area contributed by atoms with E-state index in [2.05, 4.69) is 16.2 Å². The Morgan fingerprint density at radius 2 is 2.20 bits per heavy atom. The fourth-order valence-electron chi connectivity index (χ4n) is 0.974. The molecule has 3 heteroatoms. The molecule has 1 aromatic rings. The lowest BCUT2D eigenvalue weighted by Crippen LogP contribution is -2.00. The van der Waals surface area contributed by atoms with Crippen LogP contribution in [0.3, 0.4) is 0 Å². The Bertz CT molecular complexity index is 262. The zero-order valence-electron chi connectivity index (χ0n) is 9.20. The van der Waals surface area contributed by atoms with Gasteiger partial charge in [0.2, 0.25) is 0 Å². The average molecular weight is 226 g/mol. The summed E-state index contributed by atoms with van der Waals surface area (Å²) in [4.78, 5) is 10.7. The second kappa shape index (κ2) is 7.46. The molecule has 84 valence electrons. The molecule has 2 nitrogen and oxygen atoms in total. The molecule has 1 aliphatic carbocycles. The van der Waals surface area contributed by atoms with Gasteiger partial charge in [0.25, 0.3) is 0 Å². The molecule has 0 saturated heterocycles. The molecule has 15 heavy (non-hydrogen) atoms. The average Bonchev–Trinajstić information content (AvgIpc) is 3.05. The van der Waals surface area contributed by atoms with Gasteiger partial charge in [0.05, 0.1) is 7.11 Å². The van der Waals surface area contributed by atoms with E-state index in [0.29, 0.717) is 6.42 Å². The third-order valence-electron chi connectivity index (χ3n) is 2.01. The minimum absolute atomic E-state index is 0.120. The van der Waals surface area contributed by atoms with Gasteiger partial charge in [-0.05, 0) is 35.2 Å². The van der Waals surface area contributed by atoms with Crippen LogP contribution < -0.4 is 0 Å². The van der Waals surface area contributed by atoms with Crippen LogP contribution in [0.25, 0.3) is 0 Å². The summed E-state index contributed by atoms with van der Waals surface area (Å²) in [5.74, 6) is -0.120. The van der Waals surface area contributed by atoms with Crippen molar-refractivity contribution in [2.75, 3.05) is 7.11 Å². The maximum absolute atomic E-state index is 10.7. The largest absolute Gasteiger partial charge is 0.469 e. The summed E-state index contributed by atoms with van der Waals surface area (Å²) in [5, 5.41) is 4.16. The van der Waals surface area contributed by atoms with Crippen molar-refractivity contribution in [2.24, 2.45) is 0 Å². The van der Waals surface area contributed by atoms with Crippen molar-refractivity contribution >= 4 is 17.3 Å². The third-order valence-corrected chi connectivity index (χ3v) is 2.74. The van der Waals surface area contributed by atoms with Gasteiger partial charge in [-0.2, -0.15) is 11.3 Å². The van der Waals surface area contributed by atoms with Crippen LogP contribution in [0.5, 0.6) is 0 Å². The normalized spacial score (nSPS) is 12.6. The molecule has 0 spiro atoms. The molecule has 0 atom stereocenters. The highest BCUT2D eigenvalue weighted by Crippen LogP contribution is 2.14. The minimum Gasteiger partial charge on any atom is -0.469 e. The lowest BCUT2D eigenvalue weighted by Gasteiger charge is -1.97. The highest BCUT2D eigenvalue weighted by atomic mass is 32.1. The van der Waals surface area contributed by atoms with E-state index in [1.807, 2.05) is 5.38 Å². The van der Waals surface area contributed by atoms with Crippen LogP contribution in [0.1, 0.15) is 37.7 Å². The summed E-state index contributed by atoms with van der Waals surface area (Å²) in [7, 11) is 1.42. The molecule has 0 unspecified atom stereocenters. The number of aryl methyl sites for hydroxylation is 1. The molecule has 2 rings (SSSR count). The van der Waals surface area contributed by atoms with Gasteiger partial charge in [-0.25, -0.2) is 0 Å². The van der Waals surface area contributed by atoms with Crippen molar-refractivity contribution in [3.63, 3.8) is 0 Å². The predicted molar refractivity (Wildman–Crippen MR) is 63.1 cm³/mol. The molecule has 0 aliphatic heterocycles. The zero-order valence-corrected chi connectivity index (χ0v) is 10.0. The fourth-order valence-corrected chi connectivity index (χ4v) is 1.68. The number of carbonyl (C=O) groups is 1. The second-order valence-electron chi connectivity index (χ2n) is 3.62. The first-order chi connectivity index (χ1) is 7.33. The van der Waals surface area contributed by atoms with Crippen molar-refractivity contribution < 1.29 is 9.53 Å². The molecule has 1 aliphatic rings. The smallest absolute Gasteiger partial charge is 0.305 e. The van der Waals surface area contributed by atoms with Crippen molar-refractivity contribution in [3.05, 3.63) is 22.4 Å². The van der Waals surface area contributed by atoms with Gasteiger partial charge < -0.3 is 4.74 Å². The molecule has 1 heterocycles. The quantitative estimate of drug-likeness (QED) is 0.735. The van der Waals surface area contributed by atoms with Crippen LogP contribution in [0.4, 0.5) is 0 Å². The minimum atomic E-state index is -0.120. The van der Waals surface area contributed by atoms with Crippen LogP contribution in [0.15, 0.2) is 16.8 Å². The monoisotopic (exact) mass is 226 g/mol. The number of esters is 1. The van der Waals surface area contributed by atoms with E-state index < -0.39 is 0 Å². The Hall–Kier alpha value is -0.830. The number of thiophene rings is 1. The van der Waals surface area contributed by atoms with Crippen molar-refractivity contribution in [3.8, 4) is 0 Å².